The van der Waals surface area contributed by atoms with E-state index in [1.165, 1.54) is 0 Å². The number of carbonyl (C=O) groups excluding carboxylic acids is 1. The second kappa shape index (κ2) is 8.12. The summed E-state index contributed by atoms with van der Waals surface area (Å²) >= 11 is 0. The van der Waals surface area contributed by atoms with E-state index in [0.29, 0.717) is 13.1 Å². The molecule has 0 spiro atoms. The van der Waals surface area contributed by atoms with Gasteiger partial charge in [-0.25, -0.2) is 0 Å². The van der Waals surface area contributed by atoms with Gasteiger partial charge in [-0.15, -0.1) is 0 Å². The molecule has 116 valence electrons. The van der Waals surface area contributed by atoms with E-state index < -0.39 is 0 Å². The number of carbonyl (C=O) groups is 1. The van der Waals surface area contributed by atoms with Gasteiger partial charge in [0, 0.05) is 32.7 Å². The van der Waals surface area contributed by atoms with Gasteiger partial charge in [0.15, 0.2) is 0 Å². The molecule has 3 N–H and O–H groups in total. The minimum Gasteiger partial charge on any atom is -0.354 e. The number of likely N-dealkylation sites (N-methyl/N-ethyl adjacent to an activating group) is 1. The van der Waals surface area contributed by atoms with Crippen LogP contribution in [-0.4, -0.2) is 62.0 Å². The molecule has 0 aromatic heterocycles. The molecule has 1 atom stereocenters. The van der Waals surface area contributed by atoms with Gasteiger partial charge in [-0.05, 0) is 25.6 Å². The summed E-state index contributed by atoms with van der Waals surface area (Å²) in [7, 11) is 2.12. The van der Waals surface area contributed by atoms with Crippen LogP contribution in [0.25, 0.3) is 0 Å². The highest BCUT2D eigenvalue weighted by Gasteiger charge is 2.29. The first-order chi connectivity index (χ1) is 10.2. The van der Waals surface area contributed by atoms with Crippen molar-refractivity contribution in [2.75, 3.05) is 46.3 Å². The highest BCUT2D eigenvalue weighted by Crippen LogP contribution is 2.22. The van der Waals surface area contributed by atoms with E-state index in [2.05, 4.69) is 22.2 Å². The molecule has 1 amide bonds. The summed E-state index contributed by atoms with van der Waals surface area (Å²) in [6, 6.07) is 9.84. The molecule has 5 heteroatoms. The Morgan fingerprint density at radius 3 is 2.52 bits per heavy atom. The smallest absolute Gasteiger partial charge is 0.241 e. The Balaban J connectivity index is 2.09. The first kappa shape index (κ1) is 15.9. The summed E-state index contributed by atoms with van der Waals surface area (Å²) in [5.74, 6) is 0.0826. The van der Waals surface area contributed by atoms with E-state index in [4.69, 9.17) is 5.73 Å². The highest BCUT2D eigenvalue weighted by atomic mass is 16.2. The zero-order chi connectivity index (χ0) is 15.1. The van der Waals surface area contributed by atoms with E-state index in [9.17, 15) is 4.79 Å². The zero-order valence-corrected chi connectivity index (χ0v) is 12.8. The van der Waals surface area contributed by atoms with Crippen LogP contribution in [0.2, 0.25) is 0 Å². The molecule has 1 fully saturated rings. The van der Waals surface area contributed by atoms with E-state index in [0.717, 1.165) is 38.2 Å². The van der Waals surface area contributed by atoms with E-state index in [1.54, 1.807) is 0 Å². The summed E-state index contributed by atoms with van der Waals surface area (Å²) in [5, 5.41) is 3.02. The molecule has 1 saturated heterocycles. The van der Waals surface area contributed by atoms with Crippen molar-refractivity contribution in [1.29, 1.82) is 0 Å². The lowest BCUT2D eigenvalue weighted by Gasteiger charge is -2.37. The molecule has 1 unspecified atom stereocenters. The first-order valence-electron chi connectivity index (χ1n) is 7.67. The third-order valence-corrected chi connectivity index (χ3v) is 3.95. The second-order valence-corrected chi connectivity index (χ2v) is 5.59. The Labute approximate surface area is 127 Å². The average Bonchev–Trinajstić information content (AvgIpc) is 2.51. The molecule has 1 aromatic carbocycles. The third kappa shape index (κ3) is 4.52. The molecule has 1 aliphatic heterocycles. The lowest BCUT2D eigenvalue weighted by Crippen LogP contribution is -2.50. The number of benzene rings is 1. The van der Waals surface area contributed by atoms with Crippen LogP contribution in [0.15, 0.2) is 30.3 Å². The highest BCUT2D eigenvalue weighted by molar-refractivity contribution is 5.83. The Kier molecular flexibility index (Phi) is 6.17. The van der Waals surface area contributed by atoms with Crippen LogP contribution < -0.4 is 11.1 Å². The molecule has 1 heterocycles. The van der Waals surface area contributed by atoms with Crippen LogP contribution in [0.1, 0.15) is 18.0 Å². The van der Waals surface area contributed by atoms with Gasteiger partial charge >= 0.3 is 0 Å². The molecule has 1 aliphatic rings. The van der Waals surface area contributed by atoms with E-state index in [-0.39, 0.29) is 11.9 Å². The molecule has 0 radical (unpaired) electrons. The van der Waals surface area contributed by atoms with Crippen LogP contribution in [0, 0.1) is 0 Å². The molecular weight excluding hydrogens is 264 g/mol. The van der Waals surface area contributed by atoms with Crippen LogP contribution in [0.3, 0.4) is 0 Å². The third-order valence-electron chi connectivity index (χ3n) is 3.95. The number of nitrogens with one attached hydrogen (secondary N) is 1. The molecular formula is C16H26N4O. The van der Waals surface area contributed by atoms with Gasteiger partial charge in [0.1, 0.15) is 6.04 Å². The van der Waals surface area contributed by atoms with Gasteiger partial charge in [0.05, 0.1) is 0 Å². The largest absolute Gasteiger partial charge is 0.354 e. The zero-order valence-electron chi connectivity index (χ0n) is 12.8. The number of amides is 1. The molecule has 0 aliphatic carbocycles. The number of rotatable bonds is 6. The van der Waals surface area contributed by atoms with Crippen molar-refractivity contribution >= 4 is 5.91 Å². The van der Waals surface area contributed by atoms with Gasteiger partial charge in [-0.1, -0.05) is 30.3 Å². The lowest BCUT2D eigenvalue weighted by atomic mass is 10.0. The van der Waals surface area contributed by atoms with Crippen molar-refractivity contribution < 1.29 is 4.79 Å². The van der Waals surface area contributed by atoms with Crippen molar-refractivity contribution in [3.05, 3.63) is 35.9 Å². The maximum atomic E-state index is 12.6. The van der Waals surface area contributed by atoms with Crippen LogP contribution in [0.4, 0.5) is 0 Å². The van der Waals surface area contributed by atoms with Gasteiger partial charge < -0.3 is 16.0 Å². The minimum absolute atomic E-state index is 0.0826. The fourth-order valence-corrected chi connectivity index (χ4v) is 2.65. The van der Waals surface area contributed by atoms with E-state index in [1.807, 2.05) is 30.3 Å². The van der Waals surface area contributed by atoms with Crippen LogP contribution in [0.5, 0.6) is 0 Å². The van der Waals surface area contributed by atoms with Gasteiger partial charge in [0.25, 0.3) is 0 Å². The lowest BCUT2D eigenvalue weighted by molar-refractivity contribution is -0.127. The van der Waals surface area contributed by atoms with Crippen molar-refractivity contribution in [1.82, 2.24) is 15.1 Å². The van der Waals surface area contributed by atoms with Crippen molar-refractivity contribution in [3.8, 4) is 0 Å². The summed E-state index contributed by atoms with van der Waals surface area (Å²) in [6.45, 7) is 5.08. The Bertz CT molecular complexity index is 429. The summed E-state index contributed by atoms with van der Waals surface area (Å²) in [4.78, 5) is 17.2. The minimum atomic E-state index is -0.197. The van der Waals surface area contributed by atoms with Gasteiger partial charge in [-0.2, -0.15) is 0 Å². The maximum Gasteiger partial charge on any atom is 0.241 e. The fraction of sp³-hybridized carbons (Fsp3) is 0.562. The van der Waals surface area contributed by atoms with Gasteiger partial charge in [-0.3, -0.25) is 9.69 Å². The van der Waals surface area contributed by atoms with Crippen LogP contribution in [-0.2, 0) is 4.79 Å². The summed E-state index contributed by atoms with van der Waals surface area (Å²) < 4.78 is 0. The first-order valence-corrected chi connectivity index (χ1v) is 7.67. The van der Waals surface area contributed by atoms with Crippen LogP contribution >= 0.6 is 0 Å². The molecule has 0 bridgehead atoms. The summed E-state index contributed by atoms with van der Waals surface area (Å²) in [6.07, 6.45) is 0.815. The maximum absolute atomic E-state index is 12.6. The number of piperazine rings is 1. The average molecular weight is 290 g/mol. The number of hydrogen-bond donors (Lipinski definition) is 2. The fourth-order valence-electron chi connectivity index (χ4n) is 2.65. The number of nitrogens with zero attached hydrogens (tertiary/aromatic N) is 2. The molecule has 5 nitrogen and oxygen atoms in total. The predicted octanol–water partition coefficient (Wildman–Crippen LogP) is 0.440. The standard InChI is InChI=1S/C16H26N4O/c1-19-10-12-20(13-11-19)15(14-6-3-2-4-7-14)16(21)18-9-5-8-17/h2-4,6-7,15H,5,8-13,17H2,1H3,(H,18,21). The van der Waals surface area contributed by atoms with Crippen molar-refractivity contribution in [2.45, 2.75) is 12.5 Å². The van der Waals surface area contributed by atoms with Crippen molar-refractivity contribution in [3.63, 3.8) is 0 Å². The van der Waals surface area contributed by atoms with E-state index >= 15 is 0 Å². The number of hydrogen-bond acceptors (Lipinski definition) is 4. The Morgan fingerprint density at radius 2 is 1.90 bits per heavy atom. The normalized spacial score (nSPS) is 18.4. The molecule has 1 aromatic rings. The Morgan fingerprint density at radius 1 is 1.24 bits per heavy atom. The van der Waals surface area contributed by atoms with Crippen molar-refractivity contribution in [2.24, 2.45) is 5.73 Å². The number of nitrogens with two attached hydrogens (primary N) is 1. The molecule has 21 heavy (non-hydrogen) atoms. The summed E-state index contributed by atoms with van der Waals surface area (Å²) in [5.41, 5.74) is 6.56. The molecule has 0 saturated carbocycles. The SMILES string of the molecule is CN1CCN(C(C(=O)NCCCN)c2ccccc2)CC1. The monoisotopic (exact) mass is 290 g/mol. The topological polar surface area (TPSA) is 61.6 Å². The Hall–Kier alpha value is -1.43. The molecule has 2 rings (SSSR count). The second-order valence-electron chi connectivity index (χ2n) is 5.59. The van der Waals surface area contributed by atoms with Gasteiger partial charge in [0.2, 0.25) is 5.91 Å². The predicted molar refractivity (Wildman–Crippen MR) is 84.9 cm³/mol. The quantitative estimate of drug-likeness (QED) is 0.746.